The zero-order valence-electron chi connectivity index (χ0n) is 16.6. The van der Waals surface area contributed by atoms with Crippen LogP contribution >= 0.6 is 0 Å². The molecule has 1 heterocycles. The van der Waals surface area contributed by atoms with Crippen LogP contribution in [0.3, 0.4) is 0 Å². The molecule has 1 aliphatic carbocycles. The summed E-state index contributed by atoms with van der Waals surface area (Å²) < 4.78 is 2.03. The Hall–Kier alpha value is -3.17. The maximum atomic E-state index is 12.8. The van der Waals surface area contributed by atoms with Crippen LogP contribution in [-0.2, 0) is 10.4 Å². The molecule has 2 N–H and O–H groups in total. The molecule has 1 atom stereocenters. The first-order valence-electron chi connectivity index (χ1n) is 9.86. The fourth-order valence-electron chi connectivity index (χ4n) is 3.82. The summed E-state index contributed by atoms with van der Waals surface area (Å²) in [5, 5.41) is 13.8. The molecular formula is C23H24N4O2. The number of hydrogen-bond donors (Lipinski definition) is 2. The number of aliphatic hydroxyl groups is 1. The van der Waals surface area contributed by atoms with Gasteiger partial charge in [-0.05, 0) is 50.8 Å². The molecule has 0 spiro atoms. The molecule has 148 valence electrons. The van der Waals surface area contributed by atoms with E-state index in [0.717, 1.165) is 35.9 Å². The van der Waals surface area contributed by atoms with Gasteiger partial charge in [-0.1, -0.05) is 35.9 Å². The Morgan fingerprint density at radius 1 is 1.34 bits per heavy atom. The van der Waals surface area contributed by atoms with Crippen LogP contribution in [0.2, 0.25) is 0 Å². The number of nitrogens with one attached hydrogen (secondary N) is 1. The second kappa shape index (κ2) is 7.34. The molecule has 1 fully saturated rings. The summed E-state index contributed by atoms with van der Waals surface area (Å²) in [4.78, 5) is 20.9. The van der Waals surface area contributed by atoms with Gasteiger partial charge in [-0.25, -0.2) is 9.83 Å². The van der Waals surface area contributed by atoms with E-state index in [0.29, 0.717) is 17.2 Å². The number of imidazole rings is 1. The van der Waals surface area contributed by atoms with Crippen LogP contribution in [-0.4, -0.2) is 20.6 Å². The predicted molar refractivity (Wildman–Crippen MR) is 113 cm³/mol. The van der Waals surface area contributed by atoms with Crippen molar-refractivity contribution in [3.63, 3.8) is 0 Å². The van der Waals surface area contributed by atoms with Gasteiger partial charge in [0.2, 0.25) is 11.9 Å². The normalized spacial score (nSPS) is 16.1. The molecule has 1 aliphatic rings. The predicted octanol–water partition coefficient (Wildman–Crippen LogP) is 4.86. The summed E-state index contributed by atoms with van der Waals surface area (Å²) in [6.07, 6.45) is 3.12. The third kappa shape index (κ3) is 3.74. The van der Waals surface area contributed by atoms with Crippen LogP contribution in [0.4, 0.5) is 11.6 Å². The summed E-state index contributed by atoms with van der Waals surface area (Å²) in [6.45, 7) is 10.9. The van der Waals surface area contributed by atoms with Gasteiger partial charge in [0.1, 0.15) is 0 Å². The largest absolute Gasteiger partial charge is 0.385 e. The highest BCUT2D eigenvalue weighted by Crippen LogP contribution is 2.38. The lowest BCUT2D eigenvalue weighted by atomic mass is 9.91. The van der Waals surface area contributed by atoms with Crippen molar-refractivity contribution in [1.29, 1.82) is 0 Å². The Morgan fingerprint density at radius 3 is 2.79 bits per heavy atom. The van der Waals surface area contributed by atoms with Gasteiger partial charge >= 0.3 is 0 Å². The molecule has 0 saturated heterocycles. The number of benzene rings is 2. The monoisotopic (exact) mass is 388 g/mol. The van der Waals surface area contributed by atoms with E-state index >= 15 is 0 Å². The van der Waals surface area contributed by atoms with Crippen LogP contribution in [0.15, 0.2) is 42.5 Å². The number of aryl methyl sites for hydroxylation is 1. The van der Waals surface area contributed by atoms with Gasteiger partial charge in [-0.15, -0.1) is 0 Å². The third-order valence-electron chi connectivity index (χ3n) is 5.64. The smallest absolute Gasteiger partial charge is 0.229 e. The van der Waals surface area contributed by atoms with E-state index < -0.39 is 5.60 Å². The van der Waals surface area contributed by atoms with Gasteiger partial charge < -0.3 is 9.67 Å². The summed E-state index contributed by atoms with van der Waals surface area (Å²) in [5.74, 6) is 0.190. The number of carbonyl (C=O) groups is 1. The number of amides is 1. The number of nitrogens with zero attached hydrogens (tertiary/aromatic N) is 3. The van der Waals surface area contributed by atoms with E-state index in [2.05, 4.69) is 15.1 Å². The van der Waals surface area contributed by atoms with E-state index in [1.807, 2.05) is 47.9 Å². The molecule has 1 aromatic heterocycles. The Labute approximate surface area is 170 Å². The van der Waals surface area contributed by atoms with Gasteiger partial charge in [0, 0.05) is 6.04 Å². The van der Waals surface area contributed by atoms with Crippen LogP contribution in [0.25, 0.3) is 15.9 Å². The van der Waals surface area contributed by atoms with Crippen molar-refractivity contribution in [2.75, 3.05) is 5.32 Å². The molecule has 6 nitrogen and oxygen atoms in total. The van der Waals surface area contributed by atoms with E-state index in [-0.39, 0.29) is 18.4 Å². The second-order valence-corrected chi connectivity index (χ2v) is 8.04. The molecule has 1 amide bonds. The van der Waals surface area contributed by atoms with Crippen molar-refractivity contribution in [2.45, 2.75) is 51.2 Å². The number of aromatic nitrogens is 2. The van der Waals surface area contributed by atoms with Crippen molar-refractivity contribution in [1.82, 2.24) is 9.55 Å². The molecule has 3 aromatic rings. The Bertz CT molecular complexity index is 1120. The number of carbonyl (C=O) groups excluding carboxylic acids is 1. The maximum absolute atomic E-state index is 12.8. The van der Waals surface area contributed by atoms with Gasteiger partial charge in [0.15, 0.2) is 5.69 Å². The molecule has 1 saturated carbocycles. The summed E-state index contributed by atoms with van der Waals surface area (Å²) in [5.41, 5.74) is 2.64. The van der Waals surface area contributed by atoms with E-state index in [9.17, 15) is 9.90 Å². The van der Waals surface area contributed by atoms with Crippen molar-refractivity contribution >= 4 is 28.6 Å². The zero-order chi connectivity index (χ0) is 20.6. The number of anilines is 1. The molecule has 4 rings (SSSR count). The lowest BCUT2D eigenvalue weighted by Crippen LogP contribution is -2.30. The van der Waals surface area contributed by atoms with E-state index in [4.69, 9.17) is 6.57 Å². The molecule has 6 heteroatoms. The lowest BCUT2D eigenvalue weighted by Gasteiger charge is -2.29. The van der Waals surface area contributed by atoms with Gasteiger partial charge in [-0.3, -0.25) is 10.1 Å². The topological polar surface area (TPSA) is 71.5 Å². The highest BCUT2D eigenvalue weighted by atomic mass is 16.3. The second-order valence-electron chi connectivity index (χ2n) is 8.04. The fourth-order valence-corrected chi connectivity index (χ4v) is 3.82. The Morgan fingerprint density at radius 2 is 2.14 bits per heavy atom. The van der Waals surface area contributed by atoms with Gasteiger partial charge in [-0.2, -0.15) is 0 Å². The third-order valence-corrected chi connectivity index (χ3v) is 5.64. The number of rotatable bonds is 5. The van der Waals surface area contributed by atoms with Crippen LogP contribution in [0, 0.1) is 13.5 Å². The molecule has 0 aliphatic heterocycles. The molecule has 0 unspecified atom stereocenters. The Balaban J connectivity index is 1.62. The van der Waals surface area contributed by atoms with Crippen molar-refractivity contribution < 1.29 is 9.90 Å². The minimum Gasteiger partial charge on any atom is -0.385 e. The first kappa shape index (κ1) is 19.2. The van der Waals surface area contributed by atoms with Crippen LogP contribution < -0.4 is 5.32 Å². The van der Waals surface area contributed by atoms with E-state index in [1.165, 1.54) is 0 Å². The average molecular weight is 388 g/mol. The average Bonchev–Trinajstić information content (AvgIpc) is 2.96. The maximum Gasteiger partial charge on any atom is 0.229 e. The van der Waals surface area contributed by atoms with Crippen LogP contribution in [0.5, 0.6) is 0 Å². The first-order valence-corrected chi connectivity index (χ1v) is 9.86. The summed E-state index contributed by atoms with van der Waals surface area (Å²) in [7, 11) is 0. The van der Waals surface area contributed by atoms with Crippen molar-refractivity contribution in [2.24, 2.45) is 0 Å². The van der Waals surface area contributed by atoms with Crippen molar-refractivity contribution in [3.8, 4) is 0 Å². The molecule has 2 aromatic carbocycles. The van der Waals surface area contributed by atoms with Gasteiger partial charge in [0.05, 0.1) is 29.6 Å². The number of hydrogen-bond acceptors (Lipinski definition) is 3. The van der Waals surface area contributed by atoms with E-state index in [1.54, 1.807) is 13.0 Å². The molecule has 29 heavy (non-hydrogen) atoms. The molecular weight excluding hydrogens is 364 g/mol. The number of fused-ring (bicyclic) bond motifs is 1. The highest BCUT2D eigenvalue weighted by molar-refractivity contribution is 5.93. The molecule has 0 radical (unpaired) electrons. The minimum atomic E-state index is -1.28. The fraction of sp³-hybridized carbons (Fsp3) is 0.348. The Kier molecular flexibility index (Phi) is 4.85. The minimum absolute atomic E-state index is 0.0718. The summed E-state index contributed by atoms with van der Waals surface area (Å²) >= 11 is 0. The summed E-state index contributed by atoms with van der Waals surface area (Å²) in [6, 6.07) is 13.2. The quantitative estimate of drug-likeness (QED) is 0.613. The lowest BCUT2D eigenvalue weighted by molar-refractivity contribution is -0.120. The van der Waals surface area contributed by atoms with Crippen molar-refractivity contribution in [3.05, 3.63) is 65.0 Å². The van der Waals surface area contributed by atoms with Crippen LogP contribution in [0.1, 0.15) is 49.8 Å². The SMILES string of the molecule is [C-]#[N+]c1ccc2nc(NC(=O)C[C@](C)(O)c3cccc(C)c3)n(C3CCC3)c2c1. The highest BCUT2D eigenvalue weighted by Gasteiger charge is 2.29. The molecule has 0 bridgehead atoms. The van der Waals surface area contributed by atoms with Gasteiger partial charge in [0.25, 0.3) is 0 Å². The zero-order valence-corrected chi connectivity index (χ0v) is 16.6. The standard InChI is InChI=1S/C23H24N4O2/c1-15-6-4-7-16(12-15)23(2,29)14-21(28)26-22-25-19-11-10-17(24-3)13-20(19)27(22)18-8-5-9-18/h4,6-7,10-13,18,29H,5,8-9,14H2,1-2H3,(H,25,26,28)/t23-/m0/s1. The first-order chi connectivity index (χ1) is 13.9.